The van der Waals surface area contributed by atoms with Gasteiger partial charge in [0.25, 0.3) is 5.91 Å². The van der Waals surface area contributed by atoms with E-state index in [1.54, 1.807) is 12.1 Å². The van der Waals surface area contributed by atoms with Crippen LogP contribution in [0.25, 0.3) is 0 Å². The number of ether oxygens (including phenoxy) is 2. The summed E-state index contributed by atoms with van der Waals surface area (Å²) in [4.78, 5) is 24.1. The van der Waals surface area contributed by atoms with Crippen LogP contribution >= 0.6 is 0 Å². The van der Waals surface area contributed by atoms with Crippen molar-refractivity contribution in [2.75, 3.05) is 12.4 Å². The zero-order valence-electron chi connectivity index (χ0n) is 13.6. The lowest BCUT2D eigenvalue weighted by Gasteiger charge is -2.14. The van der Waals surface area contributed by atoms with Crippen LogP contribution in [0, 0.1) is 12.7 Å². The number of anilines is 1. The number of hydrogen-bond donors (Lipinski definition) is 1. The lowest BCUT2D eigenvalue weighted by Crippen LogP contribution is -2.30. The Bertz CT molecular complexity index is 760. The van der Waals surface area contributed by atoms with Crippen LogP contribution in [0.1, 0.15) is 22.8 Å². The molecule has 5 nitrogen and oxygen atoms in total. The number of halogens is 1. The summed E-state index contributed by atoms with van der Waals surface area (Å²) in [7, 11) is 1.33. The van der Waals surface area contributed by atoms with Crippen molar-refractivity contribution in [3.63, 3.8) is 0 Å². The highest BCUT2D eigenvalue weighted by molar-refractivity contribution is 5.97. The molecule has 0 heterocycles. The minimum absolute atomic E-state index is 0.00325. The maximum absolute atomic E-state index is 13.6. The topological polar surface area (TPSA) is 64.6 Å². The van der Waals surface area contributed by atoms with Gasteiger partial charge in [-0.15, -0.1) is 0 Å². The van der Waals surface area contributed by atoms with Gasteiger partial charge < -0.3 is 14.8 Å². The molecule has 1 amide bonds. The molecule has 0 aromatic heterocycles. The monoisotopic (exact) mass is 331 g/mol. The molecule has 0 aliphatic carbocycles. The molecular weight excluding hydrogens is 313 g/mol. The average Bonchev–Trinajstić information content (AvgIpc) is 2.54. The third kappa shape index (κ3) is 4.32. The lowest BCUT2D eigenvalue weighted by atomic mass is 10.2. The van der Waals surface area contributed by atoms with Gasteiger partial charge in [0.05, 0.1) is 12.7 Å². The third-order valence-electron chi connectivity index (χ3n) is 3.33. The highest BCUT2D eigenvalue weighted by atomic mass is 19.1. The van der Waals surface area contributed by atoms with E-state index in [0.29, 0.717) is 5.69 Å². The van der Waals surface area contributed by atoms with Gasteiger partial charge in [0.15, 0.2) is 17.7 Å². The van der Waals surface area contributed by atoms with Crippen molar-refractivity contribution in [2.45, 2.75) is 20.0 Å². The minimum atomic E-state index is -1.02. The van der Waals surface area contributed by atoms with Crippen molar-refractivity contribution in [3.8, 4) is 5.75 Å². The molecule has 0 aliphatic rings. The summed E-state index contributed by atoms with van der Waals surface area (Å²) in [5.41, 5.74) is 1.60. The van der Waals surface area contributed by atoms with Crippen molar-refractivity contribution in [1.82, 2.24) is 0 Å². The number of nitrogens with one attached hydrogen (secondary N) is 1. The number of carbonyl (C=O) groups is 2. The van der Waals surface area contributed by atoms with Crippen molar-refractivity contribution in [2.24, 2.45) is 0 Å². The normalized spacial score (nSPS) is 11.5. The van der Waals surface area contributed by atoms with Crippen LogP contribution in [0.5, 0.6) is 5.75 Å². The molecule has 0 spiro atoms. The summed E-state index contributed by atoms with van der Waals surface area (Å²) in [6, 6.07) is 10.9. The van der Waals surface area contributed by atoms with Crippen LogP contribution in [-0.4, -0.2) is 25.1 Å². The molecule has 2 rings (SSSR count). The van der Waals surface area contributed by atoms with E-state index in [4.69, 9.17) is 9.47 Å². The third-order valence-corrected chi connectivity index (χ3v) is 3.33. The molecule has 1 atom stereocenters. The number of hydrogen-bond acceptors (Lipinski definition) is 4. The quantitative estimate of drug-likeness (QED) is 0.854. The van der Waals surface area contributed by atoms with Crippen LogP contribution in [0.15, 0.2) is 42.5 Å². The molecule has 1 N–H and O–H groups in total. The van der Waals surface area contributed by atoms with Crippen LogP contribution in [-0.2, 0) is 9.53 Å². The molecule has 0 saturated carbocycles. The minimum Gasteiger partial charge on any atom is -0.494 e. The molecule has 6 heteroatoms. The Balaban J connectivity index is 2.00. The maximum atomic E-state index is 13.6. The summed E-state index contributed by atoms with van der Waals surface area (Å²) in [5.74, 6) is -1.91. The number of aryl methyl sites for hydroxylation is 1. The predicted molar refractivity (Wildman–Crippen MR) is 87.6 cm³/mol. The highest BCUT2D eigenvalue weighted by Gasteiger charge is 2.20. The highest BCUT2D eigenvalue weighted by Crippen LogP contribution is 2.18. The van der Waals surface area contributed by atoms with Gasteiger partial charge in [-0.3, -0.25) is 4.79 Å². The Hall–Kier alpha value is -2.89. The Labute approximate surface area is 139 Å². The van der Waals surface area contributed by atoms with E-state index in [-0.39, 0.29) is 11.3 Å². The van der Waals surface area contributed by atoms with Crippen LogP contribution < -0.4 is 10.1 Å². The van der Waals surface area contributed by atoms with E-state index in [9.17, 15) is 14.0 Å². The summed E-state index contributed by atoms with van der Waals surface area (Å²) in [5, 5.41) is 2.66. The molecule has 2 aromatic rings. The summed E-state index contributed by atoms with van der Waals surface area (Å²) in [6.07, 6.45) is -1.02. The second kappa shape index (κ2) is 7.59. The van der Waals surface area contributed by atoms with Gasteiger partial charge in [0, 0.05) is 5.69 Å². The molecule has 24 heavy (non-hydrogen) atoms. The summed E-state index contributed by atoms with van der Waals surface area (Å²) < 4.78 is 23.5. The van der Waals surface area contributed by atoms with E-state index >= 15 is 0 Å². The Morgan fingerprint density at radius 1 is 1.17 bits per heavy atom. The number of esters is 1. The molecule has 0 saturated heterocycles. The molecule has 0 fully saturated rings. The van der Waals surface area contributed by atoms with Crippen LogP contribution in [0.4, 0.5) is 10.1 Å². The Morgan fingerprint density at radius 2 is 1.92 bits per heavy atom. The van der Waals surface area contributed by atoms with Gasteiger partial charge in [-0.1, -0.05) is 12.1 Å². The van der Waals surface area contributed by atoms with Gasteiger partial charge in [-0.05, 0) is 49.7 Å². The Morgan fingerprint density at radius 3 is 2.54 bits per heavy atom. The standard InChI is InChI=1S/C18H18FNO4/c1-11-5-4-6-14(9-11)20-17(21)12(2)24-18(22)13-7-8-16(23-3)15(19)10-13/h4-10,12H,1-3H3,(H,20,21)/t12-/m0/s1. The van der Waals surface area contributed by atoms with Crippen molar-refractivity contribution in [3.05, 3.63) is 59.4 Å². The molecular formula is C18H18FNO4. The SMILES string of the molecule is COc1ccc(C(=O)O[C@@H](C)C(=O)Nc2cccc(C)c2)cc1F. The van der Waals surface area contributed by atoms with Crippen molar-refractivity contribution >= 4 is 17.6 Å². The molecule has 126 valence electrons. The number of amides is 1. The smallest absolute Gasteiger partial charge is 0.339 e. The van der Waals surface area contributed by atoms with Gasteiger partial charge in [-0.25, -0.2) is 9.18 Å². The zero-order chi connectivity index (χ0) is 17.7. The number of benzene rings is 2. The molecule has 0 unspecified atom stereocenters. The second-order valence-electron chi connectivity index (χ2n) is 5.26. The second-order valence-corrected chi connectivity index (χ2v) is 5.26. The number of rotatable bonds is 5. The first kappa shape index (κ1) is 17.5. The first-order valence-electron chi connectivity index (χ1n) is 7.32. The van der Waals surface area contributed by atoms with Gasteiger partial charge in [0.1, 0.15) is 0 Å². The van der Waals surface area contributed by atoms with E-state index in [0.717, 1.165) is 11.6 Å². The van der Waals surface area contributed by atoms with Crippen LogP contribution in [0.2, 0.25) is 0 Å². The number of carbonyl (C=O) groups excluding carboxylic acids is 2. The van der Waals surface area contributed by atoms with E-state index in [1.165, 1.54) is 26.2 Å². The van der Waals surface area contributed by atoms with Gasteiger partial charge in [-0.2, -0.15) is 0 Å². The first-order valence-corrected chi connectivity index (χ1v) is 7.32. The largest absolute Gasteiger partial charge is 0.494 e. The molecule has 0 radical (unpaired) electrons. The lowest BCUT2D eigenvalue weighted by molar-refractivity contribution is -0.123. The summed E-state index contributed by atoms with van der Waals surface area (Å²) in [6.45, 7) is 3.35. The van der Waals surface area contributed by atoms with Gasteiger partial charge in [0.2, 0.25) is 0 Å². The van der Waals surface area contributed by atoms with Gasteiger partial charge >= 0.3 is 5.97 Å². The molecule has 2 aromatic carbocycles. The maximum Gasteiger partial charge on any atom is 0.339 e. The fourth-order valence-electron chi connectivity index (χ4n) is 2.04. The van der Waals surface area contributed by atoms with E-state index < -0.39 is 23.8 Å². The Kier molecular flexibility index (Phi) is 5.52. The summed E-state index contributed by atoms with van der Waals surface area (Å²) >= 11 is 0. The fourth-order valence-corrected chi connectivity index (χ4v) is 2.04. The van der Waals surface area contributed by atoms with E-state index in [1.807, 2.05) is 19.1 Å². The fraction of sp³-hybridized carbons (Fsp3) is 0.222. The van der Waals surface area contributed by atoms with Crippen molar-refractivity contribution in [1.29, 1.82) is 0 Å². The molecule has 0 bridgehead atoms. The first-order chi connectivity index (χ1) is 11.4. The zero-order valence-corrected chi connectivity index (χ0v) is 13.6. The predicted octanol–water partition coefficient (Wildman–Crippen LogP) is 3.33. The average molecular weight is 331 g/mol. The number of methoxy groups -OCH3 is 1. The van der Waals surface area contributed by atoms with E-state index in [2.05, 4.69) is 5.32 Å². The van der Waals surface area contributed by atoms with Crippen molar-refractivity contribution < 1.29 is 23.5 Å². The molecule has 0 aliphatic heterocycles. The van der Waals surface area contributed by atoms with Crippen LogP contribution in [0.3, 0.4) is 0 Å².